The third-order valence-corrected chi connectivity index (χ3v) is 6.45. The SMILES string of the molecule is COCCC(C)S(=O)(=O)N1CCC(Oc2ccccc2Cl)C1. The highest BCUT2D eigenvalue weighted by Gasteiger charge is 2.35. The summed E-state index contributed by atoms with van der Waals surface area (Å²) in [5, 5.41) is 0.0868. The Kier molecular flexibility index (Phi) is 6.09. The van der Waals surface area contributed by atoms with Gasteiger partial charge in [0.25, 0.3) is 0 Å². The molecule has 22 heavy (non-hydrogen) atoms. The number of hydrogen-bond donors (Lipinski definition) is 0. The van der Waals surface area contributed by atoms with Gasteiger partial charge < -0.3 is 9.47 Å². The summed E-state index contributed by atoms with van der Waals surface area (Å²) >= 11 is 6.07. The van der Waals surface area contributed by atoms with Crippen molar-refractivity contribution in [2.45, 2.75) is 31.1 Å². The van der Waals surface area contributed by atoms with Gasteiger partial charge in [-0.3, -0.25) is 0 Å². The van der Waals surface area contributed by atoms with E-state index in [1.54, 1.807) is 26.2 Å². The van der Waals surface area contributed by atoms with E-state index in [2.05, 4.69) is 0 Å². The Morgan fingerprint density at radius 1 is 1.41 bits per heavy atom. The first-order valence-corrected chi connectivity index (χ1v) is 9.22. The Hall–Kier alpha value is -0.820. The maximum Gasteiger partial charge on any atom is 0.216 e. The van der Waals surface area contributed by atoms with Crippen LogP contribution < -0.4 is 4.74 Å². The van der Waals surface area contributed by atoms with E-state index in [1.807, 2.05) is 12.1 Å². The van der Waals surface area contributed by atoms with Crippen molar-refractivity contribution in [1.82, 2.24) is 4.31 Å². The molecule has 0 amide bonds. The van der Waals surface area contributed by atoms with Crippen LogP contribution in [0.25, 0.3) is 0 Å². The van der Waals surface area contributed by atoms with Gasteiger partial charge in [-0.2, -0.15) is 4.31 Å². The van der Waals surface area contributed by atoms with Gasteiger partial charge in [-0.05, 0) is 31.9 Å². The number of methoxy groups -OCH3 is 1. The first kappa shape index (κ1) is 17.5. The fourth-order valence-electron chi connectivity index (χ4n) is 2.43. The van der Waals surface area contributed by atoms with E-state index in [9.17, 15) is 8.42 Å². The molecule has 1 aromatic rings. The highest BCUT2D eigenvalue weighted by molar-refractivity contribution is 7.89. The average Bonchev–Trinajstić information content (AvgIpc) is 2.96. The molecule has 2 rings (SSSR count). The first-order valence-electron chi connectivity index (χ1n) is 7.34. The zero-order chi connectivity index (χ0) is 16.2. The van der Waals surface area contributed by atoms with Crippen LogP contribution in [0.1, 0.15) is 19.8 Å². The highest BCUT2D eigenvalue weighted by Crippen LogP contribution is 2.28. The second kappa shape index (κ2) is 7.64. The van der Waals surface area contributed by atoms with Gasteiger partial charge in [0.05, 0.1) is 16.8 Å². The molecule has 0 spiro atoms. The molecule has 1 saturated heterocycles. The number of halogens is 1. The number of para-hydroxylation sites is 1. The molecule has 0 bridgehead atoms. The predicted octanol–water partition coefficient (Wildman–Crippen LogP) is 2.55. The third-order valence-electron chi connectivity index (χ3n) is 3.83. The second-order valence-corrected chi connectivity index (χ2v) is 8.21. The van der Waals surface area contributed by atoms with Crippen LogP contribution in [0.4, 0.5) is 0 Å². The van der Waals surface area contributed by atoms with Gasteiger partial charge in [0.1, 0.15) is 11.9 Å². The number of benzene rings is 1. The van der Waals surface area contributed by atoms with Gasteiger partial charge in [-0.25, -0.2) is 8.42 Å². The average molecular weight is 348 g/mol. The first-order chi connectivity index (χ1) is 10.4. The molecule has 2 atom stereocenters. The van der Waals surface area contributed by atoms with Crippen molar-refractivity contribution in [3.8, 4) is 5.75 Å². The molecular weight excluding hydrogens is 326 g/mol. The predicted molar refractivity (Wildman–Crippen MR) is 86.9 cm³/mol. The van der Waals surface area contributed by atoms with Crippen LogP contribution in [0.5, 0.6) is 5.75 Å². The van der Waals surface area contributed by atoms with Crippen LogP contribution >= 0.6 is 11.6 Å². The molecule has 1 heterocycles. The zero-order valence-corrected chi connectivity index (χ0v) is 14.4. The fourth-order valence-corrected chi connectivity index (χ4v) is 4.25. The van der Waals surface area contributed by atoms with Gasteiger partial charge in [0.2, 0.25) is 10.0 Å². The normalized spacial score (nSPS) is 21.0. The molecule has 1 aromatic carbocycles. The van der Waals surface area contributed by atoms with Crippen molar-refractivity contribution >= 4 is 21.6 Å². The van der Waals surface area contributed by atoms with Crippen LogP contribution in [0.3, 0.4) is 0 Å². The monoisotopic (exact) mass is 347 g/mol. The number of hydrogen-bond acceptors (Lipinski definition) is 4. The van der Waals surface area contributed by atoms with E-state index in [4.69, 9.17) is 21.1 Å². The van der Waals surface area contributed by atoms with Crippen LogP contribution in [0.2, 0.25) is 5.02 Å². The molecule has 0 aromatic heterocycles. The van der Waals surface area contributed by atoms with Crippen molar-refractivity contribution in [2.75, 3.05) is 26.8 Å². The van der Waals surface area contributed by atoms with Crippen LogP contribution in [0.15, 0.2) is 24.3 Å². The summed E-state index contributed by atoms with van der Waals surface area (Å²) in [4.78, 5) is 0. The standard InChI is InChI=1S/C15H22ClNO4S/c1-12(8-10-20-2)22(18,19)17-9-7-13(11-17)21-15-6-4-3-5-14(15)16/h3-6,12-13H,7-11H2,1-2H3. The minimum absolute atomic E-state index is 0.163. The molecule has 0 saturated carbocycles. The summed E-state index contributed by atoms with van der Waals surface area (Å²) < 4.78 is 37.3. The summed E-state index contributed by atoms with van der Waals surface area (Å²) in [6.45, 7) is 3.00. The summed E-state index contributed by atoms with van der Waals surface area (Å²) in [5.41, 5.74) is 0. The van der Waals surface area contributed by atoms with E-state index >= 15 is 0 Å². The van der Waals surface area contributed by atoms with Crippen molar-refractivity contribution in [3.63, 3.8) is 0 Å². The molecule has 1 aliphatic rings. The summed E-state index contributed by atoms with van der Waals surface area (Å²) in [5.74, 6) is 0.598. The molecule has 0 N–H and O–H groups in total. The van der Waals surface area contributed by atoms with Gasteiger partial charge >= 0.3 is 0 Å². The molecule has 7 heteroatoms. The lowest BCUT2D eigenvalue weighted by molar-refractivity contribution is 0.193. The van der Waals surface area contributed by atoms with Gasteiger partial charge in [-0.15, -0.1) is 0 Å². The third kappa shape index (κ3) is 4.13. The smallest absolute Gasteiger partial charge is 0.216 e. The molecule has 1 aliphatic heterocycles. The van der Waals surface area contributed by atoms with Crippen LogP contribution in [-0.4, -0.2) is 50.9 Å². The Labute approximate surface area is 137 Å². The van der Waals surface area contributed by atoms with Crippen molar-refractivity contribution in [2.24, 2.45) is 0 Å². The fraction of sp³-hybridized carbons (Fsp3) is 0.600. The molecule has 1 fully saturated rings. The zero-order valence-electron chi connectivity index (χ0n) is 12.9. The lowest BCUT2D eigenvalue weighted by atomic mass is 10.3. The van der Waals surface area contributed by atoms with E-state index < -0.39 is 15.3 Å². The number of nitrogens with zero attached hydrogens (tertiary/aromatic N) is 1. The molecule has 124 valence electrons. The van der Waals surface area contributed by atoms with Gasteiger partial charge in [0, 0.05) is 20.3 Å². The minimum atomic E-state index is -3.31. The second-order valence-electron chi connectivity index (χ2n) is 5.45. The number of ether oxygens (including phenoxy) is 2. The topological polar surface area (TPSA) is 55.8 Å². The Morgan fingerprint density at radius 2 is 2.14 bits per heavy atom. The van der Waals surface area contributed by atoms with Crippen molar-refractivity contribution in [3.05, 3.63) is 29.3 Å². The maximum atomic E-state index is 12.5. The highest BCUT2D eigenvalue weighted by atomic mass is 35.5. The van der Waals surface area contributed by atoms with E-state index in [-0.39, 0.29) is 6.10 Å². The molecule has 0 radical (unpaired) electrons. The molecule has 5 nitrogen and oxygen atoms in total. The summed E-state index contributed by atoms with van der Waals surface area (Å²) in [6.07, 6.45) is 0.997. The quantitative estimate of drug-likeness (QED) is 0.760. The van der Waals surface area contributed by atoms with Crippen molar-refractivity contribution in [1.29, 1.82) is 0 Å². The van der Waals surface area contributed by atoms with E-state index in [0.717, 1.165) is 0 Å². The van der Waals surface area contributed by atoms with E-state index in [0.29, 0.717) is 43.3 Å². The molecular formula is C15H22ClNO4S. The Morgan fingerprint density at radius 3 is 2.82 bits per heavy atom. The van der Waals surface area contributed by atoms with Crippen LogP contribution in [0, 0.1) is 0 Å². The Balaban J connectivity index is 1.96. The van der Waals surface area contributed by atoms with Crippen LogP contribution in [-0.2, 0) is 14.8 Å². The number of sulfonamides is 1. The lowest BCUT2D eigenvalue weighted by Crippen LogP contribution is -2.37. The summed E-state index contributed by atoms with van der Waals surface area (Å²) in [6, 6.07) is 7.23. The van der Waals surface area contributed by atoms with Gasteiger partial charge in [-0.1, -0.05) is 23.7 Å². The lowest BCUT2D eigenvalue weighted by Gasteiger charge is -2.21. The number of rotatable bonds is 7. The molecule has 2 unspecified atom stereocenters. The minimum Gasteiger partial charge on any atom is -0.487 e. The van der Waals surface area contributed by atoms with Crippen molar-refractivity contribution < 1.29 is 17.9 Å². The van der Waals surface area contributed by atoms with Gasteiger partial charge in [0.15, 0.2) is 0 Å². The Bertz CT molecular complexity index is 593. The summed E-state index contributed by atoms with van der Waals surface area (Å²) in [7, 11) is -1.73. The van der Waals surface area contributed by atoms with E-state index in [1.165, 1.54) is 4.31 Å². The maximum absolute atomic E-state index is 12.5. The largest absolute Gasteiger partial charge is 0.487 e. The molecule has 0 aliphatic carbocycles.